The van der Waals surface area contributed by atoms with Crippen LogP contribution in [0.2, 0.25) is 0 Å². The predicted octanol–water partition coefficient (Wildman–Crippen LogP) is 3.40. The van der Waals surface area contributed by atoms with Crippen molar-refractivity contribution in [1.82, 2.24) is 9.78 Å². The van der Waals surface area contributed by atoms with E-state index in [0.29, 0.717) is 17.6 Å². The van der Waals surface area contributed by atoms with Crippen LogP contribution in [0.4, 0.5) is 5.69 Å². The third-order valence-corrected chi connectivity index (χ3v) is 4.53. The summed E-state index contributed by atoms with van der Waals surface area (Å²) < 4.78 is 2.02. The molecule has 102 valence electrons. The van der Waals surface area contributed by atoms with E-state index in [2.05, 4.69) is 44.0 Å². The quantitative estimate of drug-likeness (QED) is 0.906. The van der Waals surface area contributed by atoms with Crippen molar-refractivity contribution >= 4 is 33.0 Å². The summed E-state index contributed by atoms with van der Waals surface area (Å²) in [5, 5.41) is 11.6. The molecule has 19 heavy (non-hydrogen) atoms. The lowest BCUT2D eigenvalue weighted by molar-refractivity contribution is 0.566. The minimum atomic E-state index is -0.0890. The van der Waals surface area contributed by atoms with E-state index in [4.69, 9.17) is 0 Å². The number of nitrogens with one attached hydrogen (secondary N) is 1. The topological polar surface area (TPSA) is 46.9 Å². The molecule has 0 bridgehead atoms. The molecule has 0 aromatic carbocycles. The predicted molar refractivity (Wildman–Crippen MR) is 82.9 cm³/mol. The first-order valence-corrected chi connectivity index (χ1v) is 7.88. The summed E-state index contributed by atoms with van der Waals surface area (Å²) in [6.07, 6.45) is 2.59. The highest BCUT2D eigenvalue weighted by atomic mass is 79.9. The van der Waals surface area contributed by atoms with Crippen molar-refractivity contribution in [2.75, 3.05) is 5.32 Å². The fourth-order valence-electron chi connectivity index (χ4n) is 1.72. The summed E-state index contributed by atoms with van der Waals surface area (Å²) in [6.45, 7) is 5.45. The maximum absolute atomic E-state index is 12.0. The van der Waals surface area contributed by atoms with Crippen LogP contribution in [0.3, 0.4) is 0 Å². The molecule has 0 radical (unpaired) electrons. The Morgan fingerprint density at radius 2 is 2.26 bits per heavy atom. The Kier molecular flexibility index (Phi) is 4.76. The average Bonchev–Trinajstić information content (AvgIpc) is 2.80. The number of thiophene rings is 1. The van der Waals surface area contributed by atoms with Crippen LogP contribution in [0.1, 0.15) is 24.5 Å². The third-order valence-electron chi connectivity index (χ3n) is 2.85. The van der Waals surface area contributed by atoms with Gasteiger partial charge in [0.15, 0.2) is 0 Å². The van der Waals surface area contributed by atoms with Gasteiger partial charge in [-0.05, 0) is 51.2 Å². The largest absolute Gasteiger partial charge is 0.379 e. The van der Waals surface area contributed by atoms with Gasteiger partial charge in [0.2, 0.25) is 0 Å². The molecule has 0 unspecified atom stereocenters. The monoisotopic (exact) mass is 341 g/mol. The third kappa shape index (κ3) is 3.25. The van der Waals surface area contributed by atoms with Crippen molar-refractivity contribution in [3.8, 4) is 0 Å². The zero-order valence-corrected chi connectivity index (χ0v) is 13.3. The lowest BCUT2D eigenvalue weighted by Crippen LogP contribution is -2.24. The first-order valence-electron chi connectivity index (χ1n) is 6.14. The van der Waals surface area contributed by atoms with Crippen molar-refractivity contribution in [3.05, 3.63) is 42.9 Å². The number of aryl methyl sites for hydroxylation is 2. The van der Waals surface area contributed by atoms with E-state index in [1.165, 1.54) is 15.8 Å². The van der Waals surface area contributed by atoms with Crippen molar-refractivity contribution in [2.45, 2.75) is 33.4 Å². The summed E-state index contributed by atoms with van der Waals surface area (Å²) in [4.78, 5) is 12.0. The van der Waals surface area contributed by atoms with Gasteiger partial charge in [-0.15, -0.1) is 0 Å². The molecule has 1 N–H and O–H groups in total. The molecule has 2 rings (SSSR count). The molecule has 0 amide bonds. The number of aromatic nitrogens is 2. The van der Waals surface area contributed by atoms with Gasteiger partial charge in [0.05, 0.1) is 11.9 Å². The molecule has 4 nitrogen and oxygen atoms in total. The Morgan fingerprint density at radius 1 is 1.47 bits per heavy atom. The van der Waals surface area contributed by atoms with Gasteiger partial charge in [-0.3, -0.25) is 4.79 Å². The van der Waals surface area contributed by atoms with Crippen molar-refractivity contribution < 1.29 is 0 Å². The molecule has 0 aliphatic carbocycles. The normalized spacial score (nSPS) is 10.7. The van der Waals surface area contributed by atoms with Crippen molar-refractivity contribution in [2.24, 2.45) is 0 Å². The second-order valence-electron chi connectivity index (χ2n) is 4.33. The van der Waals surface area contributed by atoms with Gasteiger partial charge in [0.1, 0.15) is 4.47 Å². The minimum absolute atomic E-state index is 0.0890. The second kappa shape index (κ2) is 6.34. The van der Waals surface area contributed by atoms with Gasteiger partial charge >= 0.3 is 0 Å². The van der Waals surface area contributed by atoms with E-state index in [1.54, 1.807) is 17.5 Å². The highest BCUT2D eigenvalue weighted by Crippen LogP contribution is 2.19. The lowest BCUT2D eigenvalue weighted by Gasteiger charge is -2.10. The minimum Gasteiger partial charge on any atom is -0.379 e. The van der Waals surface area contributed by atoms with Gasteiger partial charge in [-0.2, -0.15) is 16.4 Å². The summed E-state index contributed by atoms with van der Waals surface area (Å²) in [5.41, 5.74) is 3.16. The number of rotatable bonds is 5. The Hall–Kier alpha value is -1.14. The SMILES string of the molecule is CCCn1ncc(NCc2cscc2C)c(Br)c1=O. The fraction of sp³-hybridized carbons (Fsp3) is 0.385. The summed E-state index contributed by atoms with van der Waals surface area (Å²) in [7, 11) is 0. The van der Waals surface area contributed by atoms with E-state index in [-0.39, 0.29) is 5.56 Å². The summed E-state index contributed by atoms with van der Waals surface area (Å²) in [6, 6.07) is 0. The molecular formula is C13H16BrN3OS. The maximum atomic E-state index is 12.0. The number of hydrogen-bond acceptors (Lipinski definition) is 4. The molecule has 0 saturated heterocycles. The summed E-state index contributed by atoms with van der Waals surface area (Å²) in [5.74, 6) is 0. The first kappa shape index (κ1) is 14.3. The number of anilines is 1. The molecule has 0 spiro atoms. The zero-order valence-electron chi connectivity index (χ0n) is 10.9. The van der Waals surface area contributed by atoms with Crippen molar-refractivity contribution in [3.63, 3.8) is 0 Å². The molecule has 2 aromatic rings. The van der Waals surface area contributed by atoms with Gasteiger partial charge < -0.3 is 5.32 Å². The maximum Gasteiger partial charge on any atom is 0.283 e. The average molecular weight is 342 g/mol. The van der Waals surface area contributed by atoms with Gasteiger partial charge in [0.25, 0.3) is 5.56 Å². The standard InChI is InChI=1S/C13H16BrN3OS/c1-3-4-17-13(18)12(14)11(6-16-17)15-5-10-8-19-7-9(10)2/h6-8,15H,3-5H2,1-2H3. The van der Waals surface area contributed by atoms with Crippen LogP contribution in [-0.4, -0.2) is 9.78 Å². The Labute approximate surface area is 124 Å². The van der Waals surface area contributed by atoms with Crippen molar-refractivity contribution in [1.29, 1.82) is 0 Å². The Morgan fingerprint density at radius 3 is 2.89 bits per heavy atom. The molecule has 0 saturated carbocycles. The molecular weight excluding hydrogens is 326 g/mol. The Balaban J connectivity index is 2.16. The molecule has 0 aliphatic heterocycles. The highest BCUT2D eigenvalue weighted by Gasteiger charge is 2.08. The van der Waals surface area contributed by atoms with Gasteiger partial charge in [-0.1, -0.05) is 6.92 Å². The molecule has 0 atom stereocenters. The van der Waals surface area contributed by atoms with Crippen LogP contribution in [0.25, 0.3) is 0 Å². The first-order chi connectivity index (χ1) is 9.13. The number of hydrogen-bond donors (Lipinski definition) is 1. The second-order valence-corrected chi connectivity index (χ2v) is 5.87. The zero-order chi connectivity index (χ0) is 13.8. The van der Waals surface area contributed by atoms with Gasteiger partial charge in [-0.25, -0.2) is 4.68 Å². The van der Waals surface area contributed by atoms with Crippen LogP contribution in [0.5, 0.6) is 0 Å². The molecule has 0 aliphatic rings. The van der Waals surface area contributed by atoms with Gasteiger partial charge in [0, 0.05) is 13.1 Å². The molecule has 0 fully saturated rings. The highest BCUT2D eigenvalue weighted by molar-refractivity contribution is 9.10. The molecule has 2 heterocycles. The number of nitrogens with zero attached hydrogens (tertiary/aromatic N) is 2. The van der Waals surface area contributed by atoms with Crippen LogP contribution in [0, 0.1) is 6.92 Å². The Bertz CT molecular complexity index is 621. The van der Waals surface area contributed by atoms with E-state index < -0.39 is 0 Å². The van der Waals surface area contributed by atoms with E-state index in [9.17, 15) is 4.79 Å². The summed E-state index contributed by atoms with van der Waals surface area (Å²) >= 11 is 5.04. The smallest absolute Gasteiger partial charge is 0.283 e. The van der Waals surface area contributed by atoms with E-state index in [1.807, 2.05) is 6.92 Å². The van der Waals surface area contributed by atoms with Crippen LogP contribution in [0.15, 0.2) is 26.2 Å². The van der Waals surface area contributed by atoms with E-state index in [0.717, 1.165) is 12.1 Å². The van der Waals surface area contributed by atoms with Crippen LogP contribution < -0.4 is 10.9 Å². The van der Waals surface area contributed by atoms with E-state index >= 15 is 0 Å². The molecule has 6 heteroatoms. The number of halogens is 1. The fourth-order valence-corrected chi connectivity index (χ4v) is 3.02. The van der Waals surface area contributed by atoms with Crippen LogP contribution >= 0.6 is 27.3 Å². The lowest BCUT2D eigenvalue weighted by atomic mass is 10.2. The van der Waals surface area contributed by atoms with Crippen LogP contribution in [-0.2, 0) is 13.1 Å². The molecule has 2 aromatic heterocycles.